The van der Waals surface area contributed by atoms with Crippen molar-refractivity contribution in [2.24, 2.45) is 0 Å². The molecule has 0 radical (unpaired) electrons. The number of carbonyl (C=O) groups excluding carboxylic acids is 1. The summed E-state index contributed by atoms with van der Waals surface area (Å²) in [6.07, 6.45) is 1.86. The van der Waals surface area contributed by atoms with Crippen LogP contribution in [0.4, 0.5) is 0 Å². The smallest absolute Gasteiger partial charge is 0.261 e. The van der Waals surface area contributed by atoms with Gasteiger partial charge in [-0.05, 0) is 31.0 Å². The molecule has 0 unspecified atom stereocenters. The maximum Gasteiger partial charge on any atom is 0.261 e. The first-order chi connectivity index (χ1) is 8.65. The number of nitrogens with one attached hydrogen (secondary N) is 1. The number of nitrogens with zero attached hydrogens (tertiary/aromatic N) is 1. The number of amides is 1. The highest BCUT2D eigenvalue weighted by molar-refractivity contribution is 7.20. The van der Waals surface area contributed by atoms with E-state index in [0.717, 1.165) is 20.7 Å². The van der Waals surface area contributed by atoms with Crippen LogP contribution in [0.15, 0.2) is 12.3 Å². The number of carbonyl (C=O) groups is 1. The Hall–Kier alpha value is -1.46. The Morgan fingerprint density at radius 1 is 1.47 bits per heavy atom. The molecule has 0 spiro atoms. The molecule has 2 aromatic rings. The van der Waals surface area contributed by atoms with Crippen LogP contribution in [-0.4, -0.2) is 30.1 Å². The van der Waals surface area contributed by atoms with Crippen LogP contribution in [0.3, 0.4) is 0 Å². The fourth-order valence-corrected chi connectivity index (χ4v) is 2.86. The van der Waals surface area contributed by atoms with Gasteiger partial charge < -0.3 is 10.1 Å². The standard InChI is InChI=1S/C13H14N2O2S.CH4/c1-7-4-14-13-10(8(7)2)3-11(18-13)12(16)15-9-5-17-6-9;/h3-4,9H,5-6H2,1-2H3,(H,15,16);1H4. The van der Waals surface area contributed by atoms with Gasteiger partial charge in [0.2, 0.25) is 0 Å². The van der Waals surface area contributed by atoms with Gasteiger partial charge in [0.15, 0.2) is 0 Å². The maximum absolute atomic E-state index is 12.0. The number of fused-ring (bicyclic) bond motifs is 1. The van der Waals surface area contributed by atoms with Gasteiger partial charge in [-0.25, -0.2) is 4.98 Å². The van der Waals surface area contributed by atoms with E-state index in [2.05, 4.69) is 17.2 Å². The van der Waals surface area contributed by atoms with Crippen molar-refractivity contribution in [1.29, 1.82) is 0 Å². The van der Waals surface area contributed by atoms with Crippen molar-refractivity contribution in [3.63, 3.8) is 0 Å². The van der Waals surface area contributed by atoms with Gasteiger partial charge in [-0.2, -0.15) is 0 Å². The van der Waals surface area contributed by atoms with E-state index in [0.29, 0.717) is 13.2 Å². The molecule has 1 saturated heterocycles. The summed E-state index contributed by atoms with van der Waals surface area (Å²) in [6.45, 7) is 5.33. The van der Waals surface area contributed by atoms with Crippen LogP contribution in [0.25, 0.3) is 10.2 Å². The molecule has 102 valence electrons. The van der Waals surface area contributed by atoms with Gasteiger partial charge in [0.05, 0.1) is 24.1 Å². The Morgan fingerprint density at radius 3 is 2.84 bits per heavy atom. The summed E-state index contributed by atoms with van der Waals surface area (Å²) in [5, 5.41) is 4.03. The predicted octanol–water partition coefficient (Wildman–Crippen LogP) is 2.68. The van der Waals surface area contributed by atoms with Crippen LogP contribution in [-0.2, 0) is 4.74 Å². The van der Waals surface area contributed by atoms with Crippen molar-refractivity contribution in [2.75, 3.05) is 13.2 Å². The Kier molecular flexibility index (Phi) is 3.87. The fraction of sp³-hybridized carbons (Fsp3) is 0.429. The van der Waals surface area contributed by atoms with E-state index in [1.165, 1.54) is 16.9 Å². The molecule has 0 atom stereocenters. The number of rotatable bonds is 2. The van der Waals surface area contributed by atoms with E-state index in [1.54, 1.807) is 0 Å². The Labute approximate surface area is 116 Å². The molecule has 1 aliphatic rings. The Balaban J connectivity index is 0.00000133. The quantitative estimate of drug-likeness (QED) is 0.919. The number of thiophene rings is 1. The van der Waals surface area contributed by atoms with Crippen LogP contribution < -0.4 is 5.32 Å². The summed E-state index contributed by atoms with van der Waals surface area (Å²) in [6, 6.07) is 2.10. The maximum atomic E-state index is 12.0. The lowest BCUT2D eigenvalue weighted by molar-refractivity contribution is -0.00338. The molecule has 0 bridgehead atoms. The molecule has 0 aliphatic carbocycles. The molecule has 5 heteroatoms. The Morgan fingerprint density at radius 2 is 2.21 bits per heavy atom. The number of aryl methyl sites for hydroxylation is 2. The van der Waals surface area contributed by atoms with E-state index in [4.69, 9.17) is 4.74 Å². The summed E-state index contributed by atoms with van der Waals surface area (Å²) in [7, 11) is 0. The van der Waals surface area contributed by atoms with Crippen molar-refractivity contribution in [2.45, 2.75) is 27.3 Å². The first-order valence-electron chi connectivity index (χ1n) is 5.89. The summed E-state index contributed by atoms with van der Waals surface area (Å²) in [4.78, 5) is 18.0. The van der Waals surface area contributed by atoms with Gasteiger partial charge in [0.25, 0.3) is 5.91 Å². The van der Waals surface area contributed by atoms with E-state index in [-0.39, 0.29) is 19.4 Å². The average Bonchev–Trinajstić information content (AvgIpc) is 2.73. The number of aromatic nitrogens is 1. The minimum absolute atomic E-state index is 0. The number of pyridine rings is 1. The molecule has 1 N–H and O–H groups in total. The van der Waals surface area contributed by atoms with Crippen LogP contribution in [0.5, 0.6) is 0 Å². The molecule has 4 nitrogen and oxygen atoms in total. The van der Waals surface area contributed by atoms with Gasteiger partial charge in [-0.1, -0.05) is 7.43 Å². The van der Waals surface area contributed by atoms with Crippen molar-refractivity contribution in [1.82, 2.24) is 10.3 Å². The van der Waals surface area contributed by atoms with Crippen molar-refractivity contribution < 1.29 is 9.53 Å². The number of ether oxygens (including phenoxy) is 1. The molecule has 3 heterocycles. The van der Waals surface area contributed by atoms with Gasteiger partial charge >= 0.3 is 0 Å². The van der Waals surface area contributed by atoms with Gasteiger partial charge in [-0.3, -0.25) is 4.79 Å². The van der Waals surface area contributed by atoms with Crippen molar-refractivity contribution in [3.05, 3.63) is 28.3 Å². The number of hydrogen-bond acceptors (Lipinski definition) is 4. The highest BCUT2D eigenvalue weighted by Gasteiger charge is 2.22. The molecule has 19 heavy (non-hydrogen) atoms. The van der Waals surface area contributed by atoms with E-state index in [1.807, 2.05) is 19.2 Å². The number of hydrogen-bond donors (Lipinski definition) is 1. The van der Waals surface area contributed by atoms with Gasteiger partial charge in [-0.15, -0.1) is 11.3 Å². The zero-order chi connectivity index (χ0) is 12.7. The van der Waals surface area contributed by atoms with Crippen LogP contribution in [0, 0.1) is 13.8 Å². The first kappa shape index (κ1) is 14.0. The molecule has 1 aliphatic heterocycles. The molecular formula is C14H18N2O2S. The van der Waals surface area contributed by atoms with Crippen molar-refractivity contribution >= 4 is 27.5 Å². The van der Waals surface area contributed by atoms with E-state index in [9.17, 15) is 4.79 Å². The lowest BCUT2D eigenvalue weighted by Crippen LogP contribution is -2.48. The van der Waals surface area contributed by atoms with Crippen molar-refractivity contribution in [3.8, 4) is 0 Å². The molecule has 3 rings (SSSR count). The third kappa shape index (κ3) is 2.48. The first-order valence-corrected chi connectivity index (χ1v) is 6.71. The lowest BCUT2D eigenvalue weighted by atomic mass is 10.1. The summed E-state index contributed by atoms with van der Waals surface area (Å²) in [5.74, 6) is -0.0247. The third-order valence-corrected chi connectivity index (χ3v) is 4.32. The van der Waals surface area contributed by atoms with E-state index >= 15 is 0 Å². The lowest BCUT2D eigenvalue weighted by Gasteiger charge is -2.26. The molecule has 2 aromatic heterocycles. The van der Waals surface area contributed by atoms with Crippen LogP contribution in [0.2, 0.25) is 0 Å². The second-order valence-electron chi connectivity index (χ2n) is 4.60. The highest BCUT2D eigenvalue weighted by Crippen LogP contribution is 2.27. The zero-order valence-electron chi connectivity index (χ0n) is 10.3. The monoisotopic (exact) mass is 278 g/mol. The van der Waals surface area contributed by atoms with E-state index < -0.39 is 0 Å². The molecule has 1 fully saturated rings. The Bertz CT molecular complexity index is 617. The molecule has 0 saturated carbocycles. The second kappa shape index (κ2) is 5.27. The second-order valence-corrected chi connectivity index (χ2v) is 5.63. The zero-order valence-corrected chi connectivity index (χ0v) is 11.1. The van der Waals surface area contributed by atoms with Crippen LogP contribution >= 0.6 is 11.3 Å². The molecular weight excluding hydrogens is 260 g/mol. The fourth-order valence-electron chi connectivity index (χ4n) is 1.90. The summed E-state index contributed by atoms with van der Waals surface area (Å²) in [5.41, 5.74) is 2.35. The predicted molar refractivity (Wildman–Crippen MR) is 77.9 cm³/mol. The minimum Gasteiger partial charge on any atom is -0.377 e. The summed E-state index contributed by atoms with van der Waals surface area (Å²) >= 11 is 1.44. The third-order valence-electron chi connectivity index (χ3n) is 3.28. The SMILES string of the molecule is C.Cc1cnc2sc(C(=O)NC3COC3)cc2c1C. The largest absolute Gasteiger partial charge is 0.377 e. The molecule has 1 amide bonds. The average molecular weight is 278 g/mol. The van der Waals surface area contributed by atoms with Gasteiger partial charge in [0.1, 0.15) is 4.83 Å². The topological polar surface area (TPSA) is 51.2 Å². The normalized spacial score (nSPS) is 14.8. The van der Waals surface area contributed by atoms with Gasteiger partial charge in [0, 0.05) is 11.6 Å². The van der Waals surface area contributed by atoms with Crippen LogP contribution in [0.1, 0.15) is 28.2 Å². The molecule has 0 aromatic carbocycles. The summed E-state index contributed by atoms with van der Waals surface area (Å²) < 4.78 is 5.04. The minimum atomic E-state index is -0.0247. The highest BCUT2D eigenvalue weighted by atomic mass is 32.1.